The van der Waals surface area contributed by atoms with E-state index in [2.05, 4.69) is 26.2 Å². The molecule has 0 fully saturated rings. The number of amides is 1. The van der Waals surface area contributed by atoms with Crippen molar-refractivity contribution in [3.63, 3.8) is 0 Å². The number of carbonyl (C=O) groups excluding carboxylic acids is 1. The van der Waals surface area contributed by atoms with E-state index >= 15 is 0 Å². The van der Waals surface area contributed by atoms with Gasteiger partial charge in [0.25, 0.3) is 5.91 Å². The first-order valence-corrected chi connectivity index (χ1v) is 4.12. The predicted molar refractivity (Wildman–Crippen MR) is 46.7 cm³/mol. The highest BCUT2D eigenvalue weighted by Gasteiger charge is 2.12. The van der Waals surface area contributed by atoms with E-state index < -0.39 is 11.0 Å². The molecule has 5 heteroatoms. The lowest BCUT2D eigenvalue weighted by Crippen LogP contribution is -2.19. The molecule has 1 atom stereocenters. The lowest BCUT2D eigenvalue weighted by Gasteiger charge is -2.02. The molecule has 0 spiro atoms. The van der Waals surface area contributed by atoms with Gasteiger partial charge in [-0.2, -0.15) is 0 Å². The smallest absolute Gasteiger partial charge is 0.271 e. The van der Waals surface area contributed by atoms with Crippen molar-refractivity contribution in [1.82, 2.24) is 4.98 Å². The Kier molecular flexibility index (Phi) is 3.16. The number of hydrogen-bond acceptors (Lipinski definition) is 2. The summed E-state index contributed by atoms with van der Waals surface area (Å²) < 4.78 is 12.3. The maximum Gasteiger partial charge on any atom is 0.271 e. The van der Waals surface area contributed by atoms with E-state index in [4.69, 9.17) is 0 Å². The third-order valence-corrected chi connectivity index (χ3v) is 1.53. The third-order valence-electron chi connectivity index (χ3n) is 1.11. The Hall–Kier alpha value is -0.970. The molecule has 0 bridgehead atoms. The average Bonchev–Trinajstić information content (AvgIpc) is 2.06. The summed E-state index contributed by atoms with van der Waals surface area (Å²) in [6, 6.07) is 4.98. The SMILES string of the molecule is O=C(Nc1ccccn1)C(F)Br. The summed E-state index contributed by atoms with van der Waals surface area (Å²) in [4.78, 5) is 14.5. The third kappa shape index (κ3) is 2.58. The molecular formula is C7H6BrFN2O. The molecule has 0 saturated carbocycles. The van der Waals surface area contributed by atoms with Crippen LogP contribution in [0.3, 0.4) is 0 Å². The van der Waals surface area contributed by atoms with Crippen LogP contribution in [0.15, 0.2) is 24.4 Å². The Bertz CT molecular complexity index is 265. The van der Waals surface area contributed by atoms with Gasteiger partial charge in [-0.1, -0.05) is 6.07 Å². The van der Waals surface area contributed by atoms with Gasteiger partial charge in [0.2, 0.25) is 5.08 Å². The van der Waals surface area contributed by atoms with E-state index in [0.29, 0.717) is 5.82 Å². The average molecular weight is 233 g/mol. The van der Waals surface area contributed by atoms with E-state index in [0.717, 1.165) is 0 Å². The lowest BCUT2D eigenvalue weighted by molar-refractivity contribution is -0.117. The van der Waals surface area contributed by atoms with Crippen LogP contribution in [0, 0.1) is 0 Å². The largest absolute Gasteiger partial charge is 0.307 e. The number of aromatic nitrogens is 1. The summed E-state index contributed by atoms with van der Waals surface area (Å²) in [6.07, 6.45) is 1.51. The predicted octanol–water partition coefficient (Wildman–Crippen LogP) is 1.71. The second-order valence-electron chi connectivity index (χ2n) is 2.00. The highest BCUT2D eigenvalue weighted by molar-refractivity contribution is 9.09. The summed E-state index contributed by atoms with van der Waals surface area (Å²) in [5.41, 5.74) is 0. The molecule has 64 valence electrons. The normalized spacial score (nSPS) is 12.2. The zero-order valence-electron chi connectivity index (χ0n) is 6.00. The number of rotatable bonds is 2. The number of nitrogens with one attached hydrogen (secondary N) is 1. The van der Waals surface area contributed by atoms with Gasteiger partial charge in [-0.05, 0) is 28.1 Å². The van der Waals surface area contributed by atoms with Crippen LogP contribution >= 0.6 is 15.9 Å². The maximum atomic E-state index is 12.3. The molecule has 1 amide bonds. The van der Waals surface area contributed by atoms with Crippen molar-refractivity contribution in [3.05, 3.63) is 24.4 Å². The molecule has 0 saturated heterocycles. The maximum absolute atomic E-state index is 12.3. The zero-order chi connectivity index (χ0) is 8.97. The van der Waals surface area contributed by atoms with Crippen LogP contribution < -0.4 is 5.32 Å². The van der Waals surface area contributed by atoms with Crippen LogP contribution in [0.2, 0.25) is 0 Å². The van der Waals surface area contributed by atoms with E-state index in [1.165, 1.54) is 6.20 Å². The fourth-order valence-corrected chi connectivity index (χ4v) is 0.732. The molecule has 3 nitrogen and oxygen atoms in total. The first-order chi connectivity index (χ1) is 5.70. The van der Waals surface area contributed by atoms with Crippen molar-refractivity contribution in [3.8, 4) is 0 Å². The van der Waals surface area contributed by atoms with Crippen molar-refractivity contribution in [2.45, 2.75) is 5.08 Å². The van der Waals surface area contributed by atoms with Crippen LogP contribution in [0.4, 0.5) is 10.2 Å². The second-order valence-corrected chi connectivity index (χ2v) is 2.81. The lowest BCUT2D eigenvalue weighted by atomic mass is 10.4. The molecule has 0 aliphatic rings. The quantitative estimate of drug-likeness (QED) is 0.790. The number of nitrogens with zero attached hydrogens (tertiary/aromatic N) is 1. The minimum absolute atomic E-state index is 0.338. The second kappa shape index (κ2) is 4.15. The Morgan fingerprint density at radius 2 is 2.42 bits per heavy atom. The molecule has 1 rings (SSSR count). The van der Waals surface area contributed by atoms with E-state index in [1.807, 2.05) is 0 Å². The van der Waals surface area contributed by atoms with Crippen molar-refractivity contribution in [1.29, 1.82) is 0 Å². The van der Waals surface area contributed by atoms with Crippen LogP contribution in [0.1, 0.15) is 0 Å². The number of halogens is 2. The van der Waals surface area contributed by atoms with Crippen LogP contribution in [-0.4, -0.2) is 16.0 Å². The zero-order valence-corrected chi connectivity index (χ0v) is 7.58. The van der Waals surface area contributed by atoms with E-state index in [1.54, 1.807) is 18.2 Å². The van der Waals surface area contributed by atoms with Gasteiger partial charge in [0.15, 0.2) is 0 Å². The number of anilines is 1. The van der Waals surface area contributed by atoms with Gasteiger partial charge < -0.3 is 5.32 Å². The van der Waals surface area contributed by atoms with Gasteiger partial charge in [-0.3, -0.25) is 4.79 Å². The summed E-state index contributed by atoms with van der Waals surface area (Å²) in [5.74, 6) is -0.418. The molecule has 1 N–H and O–H groups in total. The molecular weight excluding hydrogens is 227 g/mol. The van der Waals surface area contributed by atoms with Crippen LogP contribution in [-0.2, 0) is 4.79 Å². The van der Waals surface area contributed by atoms with Gasteiger partial charge in [0.1, 0.15) is 5.82 Å². The Morgan fingerprint density at radius 1 is 1.67 bits per heavy atom. The molecule has 1 heterocycles. The van der Waals surface area contributed by atoms with Gasteiger partial charge in [0.05, 0.1) is 0 Å². The highest BCUT2D eigenvalue weighted by atomic mass is 79.9. The standard InChI is InChI=1S/C7H6BrFN2O/c8-6(9)7(12)11-5-3-1-2-4-10-5/h1-4,6H,(H,10,11,12). The fourth-order valence-electron chi connectivity index (χ4n) is 0.617. The van der Waals surface area contributed by atoms with Crippen LogP contribution in [0.5, 0.6) is 0 Å². The fraction of sp³-hybridized carbons (Fsp3) is 0.143. The van der Waals surface area contributed by atoms with Crippen molar-refractivity contribution < 1.29 is 9.18 Å². The molecule has 1 unspecified atom stereocenters. The van der Waals surface area contributed by atoms with Crippen molar-refractivity contribution in [2.24, 2.45) is 0 Å². The van der Waals surface area contributed by atoms with Gasteiger partial charge >= 0.3 is 0 Å². The topological polar surface area (TPSA) is 42.0 Å². The monoisotopic (exact) mass is 232 g/mol. The molecule has 0 radical (unpaired) electrons. The van der Waals surface area contributed by atoms with Gasteiger partial charge in [0, 0.05) is 6.20 Å². The number of alkyl halides is 2. The highest BCUT2D eigenvalue weighted by Crippen LogP contribution is 2.05. The molecule has 12 heavy (non-hydrogen) atoms. The van der Waals surface area contributed by atoms with Gasteiger partial charge in [-0.15, -0.1) is 0 Å². The molecule has 0 aromatic carbocycles. The first kappa shape index (κ1) is 9.12. The Balaban J connectivity index is 2.59. The van der Waals surface area contributed by atoms with Crippen molar-refractivity contribution >= 4 is 27.7 Å². The summed E-state index contributed by atoms with van der Waals surface area (Å²) >= 11 is 2.49. The van der Waals surface area contributed by atoms with Crippen LogP contribution in [0.25, 0.3) is 0 Å². The summed E-state index contributed by atoms with van der Waals surface area (Å²) in [7, 11) is 0. The Morgan fingerprint density at radius 3 is 2.92 bits per heavy atom. The van der Waals surface area contributed by atoms with Crippen molar-refractivity contribution in [2.75, 3.05) is 5.32 Å². The molecule has 0 aliphatic carbocycles. The van der Waals surface area contributed by atoms with Gasteiger partial charge in [-0.25, -0.2) is 9.37 Å². The number of pyridine rings is 1. The Labute approximate surface area is 77.1 Å². The molecule has 1 aromatic rings. The number of carbonyl (C=O) groups is 1. The number of hydrogen-bond donors (Lipinski definition) is 1. The van der Waals surface area contributed by atoms with E-state index in [-0.39, 0.29) is 0 Å². The summed E-state index contributed by atoms with van der Waals surface area (Å²) in [6.45, 7) is 0. The van der Waals surface area contributed by atoms with E-state index in [9.17, 15) is 9.18 Å². The molecule has 1 aromatic heterocycles. The minimum atomic E-state index is -1.69. The minimum Gasteiger partial charge on any atom is -0.307 e. The first-order valence-electron chi connectivity index (χ1n) is 3.20. The summed E-state index contributed by atoms with van der Waals surface area (Å²) in [5, 5.41) is 0.575. The molecule has 0 aliphatic heterocycles.